The lowest BCUT2D eigenvalue weighted by atomic mass is 10.3. The Hall–Kier alpha value is -2.59. The standard InChI is InChI=1S/C13H16N6OS.CH2O2/c1-8-7-21-11(14-8)6-18(3)5-10-4-12(20)19-13(16-10)15-9(2)17-19;2-1-3/h4,7H,5-6H2,1-3H3,(H,15,16,17);1H,(H,2,3). The van der Waals surface area contributed by atoms with Crippen LogP contribution in [-0.4, -0.2) is 48.1 Å². The lowest BCUT2D eigenvalue weighted by Crippen LogP contribution is -2.22. The maximum atomic E-state index is 12.0. The van der Waals surface area contributed by atoms with Gasteiger partial charge in [0, 0.05) is 23.7 Å². The van der Waals surface area contributed by atoms with Gasteiger partial charge in [-0.15, -0.1) is 11.3 Å². The molecule has 0 aromatic carbocycles. The number of aromatic nitrogens is 5. The van der Waals surface area contributed by atoms with Crippen molar-refractivity contribution in [3.05, 3.63) is 44.0 Å². The minimum Gasteiger partial charge on any atom is -0.483 e. The summed E-state index contributed by atoms with van der Waals surface area (Å²) in [6.45, 7) is 4.84. The van der Waals surface area contributed by atoms with Gasteiger partial charge < -0.3 is 5.11 Å². The first-order chi connectivity index (χ1) is 11.4. The Morgan fingerprint density at radius 3 is 2.67 bits per heavy atom. The third-order valence-electron chi connectivity index (χ3n) is 3.00. The van der Waals surface area contributed by atoms with Crippen LogP contribution in [0.3, 0.4) is 0 Å². The monoisotopic (exact) mass is 350 g/mol. The third-order valence-corrected chi connectivity index (χ3v) is 3.95. The molecule has 0 aliphatic heterocycles. The lowest BCUT2D eigenvalue weighted by molar-refractivity contribution is -0.122. The molecule has 3 heterocycles. The van der Waals surface area contributed by atoms with Crippen LogP contribution in [-0.2, 0) is 17.9 Å². The highest BCUT2D eigenvalue weighted by atomic mass is 32.1. The van der Waals surface area contributed by atoms with Crippen molar-refractivity contribution < 1.29 is 9.90 Å². The molecule has 128 valence electrons. The first-order valence-electron chi connectivity index (χ1n) is 7.05. The van der Waals surface area contributed by atoms with E-state index in [9.17, 15) is 4.79 Å². The van der Waals surface area contributed by atoms with E-state index in [-0.39, 0.29) is 12.0 Å². The molecule has 9 nitrogen and oxygen atoms in total. The molecular formula is C14H18N6O3S. The fraction of sp³-hybridized carbons (Fsp3) is 0.357. The van der Waals surface area contributed by atoms with Crippen molar-refractivity contribution in [1.29, 1.82) is 0 Å². The number of rotatable bonds is 4. The highest BCUT2D eigenvalue weighted by Gasteiger charge is 2.09. The fourth-order valence-corrected chi connectivity index (χ4v) is 3.00. The molecule has 0 fully saturated rings. The van der Waals surface area contributed by atoms with Gasteiger partial charge in [0.25, 0.3) is 17.8 Å². The van der Waals surface area contributed by atoms with Crippen LogP contribution in [0, 0.1) is 13.8 Å². The van der Waals surface area contributed by atoms with Gasteiger partial charge in [-0.3, -0.25) is 19.6 Å². The molecule has 3 aromatic heterocycles. The van der Waals surface area contributed by atoms with E-state index in [1.807, 2.05) is 19.4 Å². The van der Waals surface area contributed by atoms with Gasteiger partial charge in [0.1, 0.15) is 10.8 Å². The largest absolute Gasteiger partial charge is 0.483 e. The summed E-state index contributed by atoms with van der Waals surface area (Å²) in [4.78, 5) is 35.5. The minimum absolute atomic E-state index is 0.144. The van der Waals surface area contributed by atoms with Crippen LogP contribution in [0.15, 0.2) is 16.2 Å². The Bertz CT molecular complexity index is 884. The van der Waals surface area contributed by atoms with Crippen molar-refractivity contribution >= 4 is 23.6 Å². The Balaban J connectivity index is 0.000000647. The smallest absolute Gasteiger partial charge is 0.290 e. The molecule has 0 bridgehead atoms. The maximum Gasteiger partial charge on any atom is 0.290 e. The van der Waals surface area contributed by atoms with E-state index < -0.39 is 0 Å². The number of aryl methyl sites for hydroxylation is 2. The molecule has 10 heteroatoms. The van der Waals surface area contributed by atoms with E-state index in [2.05, 4.69) is 25.0 Å². The van der Waals surface area contributed by atoms with E-state index >= 15 is 0 Å². The summed E-state index contributed by atoms with van der Waals surface area (Å²) in [6.07, 6.45) is 0. The summed E-state index contributed by atoms with van der Waals surface area (Å²) in [5.74, 6) is 1.08. The van der Waals surface area contributed by atoms with E-state index in [1.54, 1.807) is 18.3 Å². The summed E-state index contributed by atoms with van der Waals surface area (Å²) < 4.78 is 1.35. The van der Waals surface area contributed by atoms with Gasteiger partial charge in [0.2, 0.25) is 0 Å². The molecule has 0 radical (unpaired) electrons. The number of nitrogens with one attached hydrogen (secondary N) is 1. The van der Waals surface area contributed by atoms with Crippen LogP contribution < -0.4 is 5.56 Å². The predicted octanol–water partition coefficient (Wildman–Crippen LogP) is 0.824. The molecule has 0 aliphatic rings. The van der Waals surface area contributed by atoms with Crippen LogP contribution >= 0.6 is 11.3 Å². The van der Waals surface area contributed by atoms with E-state index in [4.69, 9.17) is 9.90 Å². The van der Waals surface area contributed by atoms with Gasteiger partial charge in [0.15, 0.2) is 0 Å². The number of carboxylic acid groups (broad SMARTS) is 1. The zero-order valence-corrected chi connectivity index (χ0v) is 14.4. The molecule has 0 spiro atoms. The molecule has 3 rings (SSSR count). The van der Waals surface area contributed by atoms with Crippen molar-refractivity contribution in [2.75, 3.05) is 7.05 Å². The van der Waals surface area contributed by atoms with Gasteiger partial charge in [-0.2, -0.15) is 9.50 Å². The van der Waals surface area contributed by atoms with E-state index in [1.165, 1.54) is 10.6 Å². The minimum atomic E-state index is -0.250. The number of fused-ring (bicyclic) bond motifs is 1. The van der Waals surface area contributed by atoms with Gasteiger partial charge in [-0.05, 0) is 20.9 Å². The summed E-state index contributed by atoms with van der Waals surface area (Å²) in [5, 5.41) is 12.8. The Morgan fingerprint density at radius 2 is 2.04 bits per heavy atom. The van der Waals surface area contributed by atoms with E-state index in [0.717, 1.165) is 17.2 Å². The van der Waals surface area contributed by atoms with Crippen molar-refractivity contribution in [3.8, 4) is 0 Å². The van der Waals surface area contributed by atoms with Gasteiger partial charge in [-0.25, -0.2) is 9.97 Å². The third kappa shape index (κ3) is 4.46. The number of thiazole rings is 1. The molecule has 0 atom stereocenters. The second kappa shape index (κ2) is 7.79. The Kier molecular flexibility index (Phi) is 5.77. The maximum absolute atomic E-state index is 12.0. The molecule has 2 N–H and O–H groups in total. The number of hydrogen-bond donors (Lipinski definition) is 2. The molecule has 0 unspecified atom stereocenters. The van der Waals surface area contributed by atoms with Crippen molar-refractivity contribution in [1.82, 2.24) is 29.5 Å². The first-order valence-corrected chi connectivity index (χ1v) is 7.93. The van der Waals surface area contributed by atoms with Crippen LogP contribution in [0.5, 0.6) is 0 Å². The lowest BCUT2D eigenvalue weighted by Gasteiger charge is -2.14. The second-order valence-electron chi connectivity index (χ2n) is 5.19. The summed E-state index contributed by atoms with van der Waals surface area (Å²) in [6, 6.07) is 1.54. The van der Waals surface area contributed by atoms with E-state index in [0.29, 0.717) is 23.8 Å². The quantitative estimate of drug-likeness (QED) is 0.669. The zero-order chi connectivity index (χ0) is 17.7. The number of H-pyrrole nitrogens is 1. The van der Waals surface area contributed by atoms with Crippen molar-refractivity contribution in [3.63, 3.8) is 0 Å². The number of aromatic amines is 1. The molecule has 0 saturated carbocycles. The molecule has 0 saturated heterocycles. The highest BCUT2D eigenvalue weighted by molar-refractivity contribution is 7.09. The van der Waals surface area contributed by atoms with Crippen LogP contribution in [0.4, 0.5) is 0 Å². The highest BCUT2D eigenvalue weighted by Crippen LogP contribution is 2.12. The molecule has 0 aliphatic carbocycles. The van der Waals surface area contributed by atoms with Crippen molar-refractivity contribution in [2.45, 2.75) is 26.9 Å². The topological polar surface area (TPSA) is 116 Å². The number of hydrogen-bond acceptors (Lipinski definition) is 7. The van der Waals surface area contributed by atoms with Gasteiger partial charge in [0.05, 0.1) is 12.2 Å². The molecule has 24 heavy (non-hydrogen) atoms. The first kappa shape index (κ1) is 17.8. The summed E-state index contributed by atoms with van der Waals surface area (Å²) in [7, 11) is 1.98. The van der Waals surface area contributed by atoms with Crippen LogP contribution in [0.2, 0.25) is 0 Å². The average molecular weight is 350 g/mol. The molecular weight excluding hydrogens is 332 g/mol. The fourth-order valence-electron chi connectivity index (χ4n) is 2.15. The number of carbonyl (C=O) groups is 1. The normalized spacial score (nSPS) is 10.7. The molecule has 3 aromatic rings. The summed E-state index contributed by atoms with van der Waals surface area (Å²) in [5.41, 5.74) is 1.60. The Morgan fingerprint density at radius 1 is 1.33 bits per heavy atom. The van der Waals surface area contributed by atoms with Gasteiger partial charge in [-0.1, -0.05) is 0 Å². The van der Waals surface area contributed by atoms with Crippen LogP contribution in [0.1, 0.15) is 22.2 Å². The van der Waals surface area contributed by atoms with Crippen molar-refractivity contribution in [2.24, 2.45) is 0 Å². The number of nitrogens with zero attached hydrogens (tertiary/aromatic N) is 5. The second-order valence-corrected chi connectivity index (χ2v) is 6.13. The Labute approximate surface area is 141 Å². The summed E-state index contributed by atoms with van der Waals surface area (Å²) >= 11 is 1.64. The predicted molar refractivity (Wildman–Crippen MR) is 89.1 cm³/mol. The molecule has 0 amide bonds. The van der Waals surface area contributed by atoms with Crippen LogP contribution in [0.25, 0.3) is 5.78 Å². The SMILES string of the molecule is Cc1csc(CN(C)Cc2cc(=O)n3[nH]c(C)nc3n2)n1.O=CO. The zero-order valence-electron chi connectivity index (χ0n) is 13.6. The van der Waals surface area contributed by atoms with Gasteiger partial charge >= 0.3 is 0 Å². The average Bonchev–Trinajstić information content (AvgIpc) is 3.05.